The number of ether oxygens (including phenoxy) is 2. The molecule has 0 atom stereocenters. The lowest BCUT2D eigenvalue weighted by atomic mass is 10.2. The Kier molecular flexibility index (Phi) is 7.42. The van der Waals surface area contributed by atoms with E-state index in [0.29, 0.717) is 17.1 Å². The molecule has 0 aromatic heterocycles. The van der Waals surface area contributed by atoms with Crippen LogP contribution < -0.4 is 13.7 Å². The van der Waals surface area contributed by atoms with Gasteiger partial charge in [-0.25, -0.2) is 0 Å². The molecule has 8 nitrogen and oxygen atoms in total. The van der Waals surface area contributed by atoms with Crippen molar-refractivity contribution in [2.24, 2.45) is 0 Å². The minimum atomic E-state index is -4.07. The summed E-state index contributed by atoms with van der Waals surface area (Å²) in [6.45, 7) is 0.280. The largest absolute Gasteiger partial charge is 0.497 e. The average Bonchev–Trinajstić information content (AvgIpc) is 3.12. The maximum absolute atomic E-state index is 12.7. The van der Waals surface area contributed by atoms with Gasteiger partial charge in [-0.15, -0.1) is 0 Å². The van der Waals surface area contributed by atoms with Crippen LogP contribution in [0.5, 0.6) is 17.2 Å². The number of nitrogens with zero attached hydrogens (tertiary/aromatic N) is 1. The molecular formula is C25H21NO7S2. The van der Waals surface area contributed by atoms with E-state index in [4.69, 9.17) is 13.7 Å². The molecule has 10 heteroatoms. The zero-order valence-corrected chi connectivity index (χ0v) is 20.3. The van der Waals surface area contributed by atoms with Crippen molar-refractivity contribution in [3.63, 3.8) is 0 Å². The molecule has 180 valence electrons. The number of para-hydroxylation sites is 1. The SMILES string of the molecule is COc1ccc(S(=O)(=O)Oc2cccc(/C=C3\SC(=O)N(CCOc4ccccc4)C3=O)c2)cc1. The van der Waals surface area contributed by atoms with E-state index in [1.54, 1.807) is 24.3 Å². The Bertz CT molecular complexity index is 1350. The summed E-state index contributed by atoms with van der Waals surface area (Å²) in [4.78, 5) is 26.4. The van der Waals surface area contributed by atoms with Gasteiger partial charge in [-0.05, 0) is 71.9 Å². The van der Waals surface area contributed by atoms with Gasteiger partial charge in [0.1, 0.15) is 28.8 Å². The van der Waals surface area contributed by atoms with E-state index in [1.807, 2.05) is 18.2 Å². The van der Waals surface area contributed by atoms with Crippen molar-refractivity contribution in [1.82, 2.24) is 4.90 Å². The third-order valence-corrected chi connectivity index (χ3v) is 7.08. The molecule has 0 spiro atoms. The normalized spacial score (nSPS) is 14.9. The van der Waals surface area contributed by atoms with Crippen molar-refractivity contribution in [3.8, 4) is 17.2 Å². The second-order valence-corrected chi connectivity index (χ2v) is 9.82. The third kappa shape index (κ3) is 6.03. The maximum Gasteiger partial charge on any atom is 0.339 e. The van der Waals surface area contributed by atoms with Crippen LogP contribution in [0.2, 0.25) is 0 Å². The molecule has 0 bridgehead atoms. The summed E-state index contributed by atoms with van der Waals surface area (Å²) in [5.74, 6) is 0.807. The van der Waals surface area contributed by atoms with Gasteiger partial charge < -0.3 is 13.7 Å². The minimum Gasteiger partial charge on any atom is -0.497 e. The number of thioether (sulfide) groups is 1. The number of methoxy groups -OCH3 is 1. The molecule has 1 aliphatic rings. The molecule has 3 aromatic rings. The highest BCUT2D eigenvalue weighted by atomic mass is 32.2. The van der Waals surface area contributed by atoms with Crippen molar-refractivity contribution in [1.29, 1.82) is 0 Å². The molecular weight excluding hydrogens is 490 g/mol. The summed E-state index contributed by atoms with van der Waals surface area (Å²) >= 11 is 0.814. The Balaban J connectivity index is 1.43. The molecule has 0 aliphatic carbocycles. The number of rotatable bonds is 9. The highest BCUT2D eigenvalue weighted by Gasteiger charge is 2.34. The molecule has 3 aromatic carbocycles. The van der Waals surface area contributed by atoms with E-state index in [-0.39, 0.29) is 28.7 Å². The van der Waals surface area contributed by atoms with Crippen LogP contribution in [0.1, 0.15) is 5.56 Å². The van der Waals surface area contributed by atoms with Crippen LogP contribution in [0.25, 0.3) is 6.08 Å². The fourth-order valence-corrected chi connectivity index (χ4v) is 4.98. The summed E-state index contributed by atoms with van der Waals surface area (Å²) in [5.41, 5.74) is 0.512. The quantitative estimate of drug-likeness (QED) is 0.304. The summed E-state index contributed by atoms with van der Waals surface area (Å²) in [6.07, 6.45) is 1.52. The standard InChI is InChI=1S/C25H21NO7S2/c1-31-19-10-12-22(13-11-19)35(29,30)33-21-9-5-6-18(16-21)17-23-24(27)26(25(28)34-23)14-15-32-20-7-3-2-4-8-20/h2-13,16-17H,14-15H2,1H3/b23-17-. The summed E-state index contributed by atoms with van der Waals surface area (Å²) in [7, 11) is -2.58. The third-order valence-electron chi connectivity index (χ3n) is 4.91. The van der Waals surface area contributed by atoms with Gasteiger partial charge in [0.2, 0.25) is 0 Å². The second-order valence-electron chi connectivity index (χ2n) is 7.28. The predicted molar refractivity (Wildman–Crippen MR) is 132 cm³/mol. The van der Waals surface area contributed by atoms with E-state index in [2.05, 4.69) is 0 Å². The fraction of sp³-hybridized carbons (Fsp3) is 0.120. The van der Waals surface area contributed by atoms with Crippen molar-refractivity contribution in [2.45, 2.75) is 4.90 Å². The van der Waals surface area contributed by atoms with E-state index in [1.165, 1.54) is 49.6 Å². The second kappa shape index (κ2) is 10.7. The first-order valence-corrected chi connectivity index (χ1v) is 12.7. The van der Waals surface area contributed by atoms with Crippen LogP contribution in [-0.4, -0.2) is 44.7 Å². The molecule has 35 heavy (non-hydrogen) atoms. The lowest BCUT2D eigenvalue weighted by Gasteiger charge is -2.13. The smallest absolute Gasteiger partial charge is 0.339 e. The first-order chi connectivity index (χ1) is 16.9. The minimum absolute atomic E-state index is 0.0254. The predicted octanol–water partition coefficient (Wildman–Crippen LogP) is 4.58. The molecule has 4 rings (SSSR count). The van der Waals surface area contributed by atoms with E-state index >= 15 is 0 Å². The monoisotopic (exact) mass is 511 g/mol. The summed E-state index contributed by atoms with van der Waals surface area (Å²) < 4.78 is 41.1. The summed E-state index contributed by atoms with van der Waals surface area (Å²) in [6, 6.07) is 21.2. The average molecular weight is 512 g/mol. The Morgan fingerprint density at radius 1 is 0.886 bits per heavy atom. The molecule has 1 aliphatic heterocycles. The molecule has 2 amide bonds. The molecule has 1 heterocycles. The fourth-order valence-electron chi connectivity index (χ4n) is 3.19. The van der Waals surface area contributed by atoms with Gasteiger partial charge in [0.05, 0.1) is 18.6 Å². The number of imide groups is 1. The number of amides is 2. The number of hydrogen-bond acceptors (Lipinski definition) is 8. The van der Waals surface area contributed by atoms with E-state index in [9.17, 15) is 18.0 Å². The first kappa shape index (κ1) is 24.4. The van der Waals surface area contributed by atoms with Crippen LogP contribution in [0.15, 0.2) is 88.7 Å². The molecule has 1 fully saturated rings. The Hall–Kier alpha value is -3.76. The Labute approximate surface area is 207 Å². The molecule has 0 unspecified atom stereocenters. The topological polar surface area (TPSA) is 99.2 Å². The lowest BCUT2D eigenvalue weighted by Crippen LogP contribution is -2.32. The highest BCUT2D eigenvalue weighted by Crippen LogP contribution is 2.33. The number of hydrogen-bond donors (Lipinski definition) is 0. The van der Waals surface area contributed by atoms with Gasteiger partial charge >= 0.3 is 10.1 Å². The number of carbonyl (C=O) groups excluding carboxylic acids is 2. The lowest BCUT2D eigenvalue weighted by molar-refractivity contribution is -0.123. The van der Waals surface area contributed by atoms with Crippen molar-refractivity contribution >= 4 is 39.1 Å². The summed E-state index contributed by atoms with van der Waals surface area (Å²) in [5, 5.41) is -0.396. The first-order valence-electron chi connectivity index (χ1n) is 10.5. The van der Waals surface area contributed by atoms with Gasteiger partial charge in [-0.3, -0.25) is 14.5 Å². The molecule has 0 N–H and O–H groups in total. The van der Waals surface area contributed by atoms with Gasteiger partial charge in [0.25, 0.3) is 11.1 Å². The van der Waals surface area contributed by atoms with E-state index < -0.39 is 21.3 Å². The van der Waals surface area contributed by atoms with Crippen LogP contribution in [0, 0.1) is 0 Å². The highest BCUT2D eigenvalue weighted by molar-refractivity contribution is 8.18. The van der Waals surface area contributed by atoms with Crippen molar-refractivity contribution in [3.05, 3.63) is 89.3 Å². The maximum atomic E-state index is 12.7. The van der Waals surface area contributed by atoms with Crippen LogP contribution >= 0.6 is 11.8 Å². The van der Waals surface area contributed by atoms with Crippen LogP contribution in [0.3, 0.4) is 0 Å². The Morgan fingerprint density at radius 2 is 1.60 bits per heavy atom. The van der Waals surface area contributed by atoms with Crippen LogP contribution in [-0.2, 0) is 14.9 Å². The van der Waals surface area contributed by atoms with Gasteiger partial charge in [0, 0.05) is 0 Å². The van der Waals surface area contributed by atoms with Gasteiger partial charge in [-0.1, -0.05) is 30.3 Å². The van der Waals surface area contributed by atoms with Crippen molar-refractivity contribution < 1.29 is 31.7 Å². The van der Waals surface area contributed by atoms with Crippen molar-refractivity contribution in [2.75, 3.05) is 20.3 Å². The Morgan fingerprint density at radius 3 is 2.31 bits per heavy atom. The zero-order chi connectivity index (χ0) is 24.8. The molecule has 1 saturated heterocycles. The molecule has 0 saturated carbocycles. The zero-order valence-electron chi connectivity index (χ0n) is 18.6. The van der Waals surface area contributed by atoms with Gasteiger partial charge in [-0.2, -0.15) is 8.42 Å². The number of benzene rings is 3. The van der Waals surface area contributed by atoms with Crippen LogP contribution in [0.4, 0.5) is 4.79 Å². The number of carbonyl (C=O) groups is 2. The molecule has 0 radical (unpaired) electrons. The van der Waals surface area contributed by atoms with Gasteiger partial charge in [0.15, 0.2) is 0 Å². The van der Waals surface area contributed by atoms with E-state index in [0.717, 1.165) is 16.7 Å².